The SMILES string of the molecule is O=C1CCC(N2C(=O)c3ccc(SS)cc3C2=O)C(=O)N1. The second-order valence-electron chi connectivity index (χ2n) is 4.75. The molecule has 1 saturated heterocycles. The number of carbonyl (C=O) groups excluding carboxylic acids is 4. The minimum atomic E-state index is -0.929. The van der Waals surface area contributed by atoms with Gasteiger partial charge in [-0.25, -0.2) is 0 Å². The minimum Gasteiger partial charge on any atom is -0.295 e. The first-order valence-corrected chi connectivity index (χ1v) is 8.07. The van der Waals surface area contributed by atoms with Gasteiger partial charge in [-0.2, -0.15) is 0 Å². The molecule has 21 heavy (non-hydrogen) atoms. The van der Waals surface area contributed by atoms with Crippen LogP contribution in [0.15, 0.2) is 23.1 Å². The van der Waals surface area contributed by atoms with E-state index in [1.807, 2.05) is 0 Å². The maximum atomic E-state index is 12.4. The Balaban J connectivity index is 1.96. The fourth-order valence-corrected chi connectivity index (χ4v) is 3.15. The van der Waals surface area contributed by atoms with Crippen LogP contribution in [0.5, 0.6) is 0 Å². The highest BCUT2D eigenvalue weighted by molar-refractivity contribution is 8.68. The number of piperidine rings is 1. The summed E-state index contributed by atoms with van der Waals surface area (Å²) >= 11 is 4.06. The highest BCUT2D eigenvalue weighted by Gasteiger charge is 2.44. The highest BCUT2D eigenvalue weighted by atomic mass is 33.1. The summed E-state index contributed by atoms with van der Waals surface area (Å²) < 4.78 is 0. The molecule has 1 unspecified atom stereocenters. The fourth-order valence-electron chi connectivity index (χ4n) is 2.51. The normalized spacial score (nSPS) is 21.6. The first-order valence-electron chi connectivity index (χ1n) is 6.20. The first-order chi connectivity index (χ1) is 10.0. The van der Waals surface area contributed by atoms with Crippen LogP contribution in [0.3, 0.4) is 0 Å². The maximum absolute atomic E-state index is 12.4. The van der Waals surface area contributed by atoms with Crippen LogP contribution in [-0.4, -0.2) is 34.6 Å². The van der Waals surface area contributed by atoms with E-state index >= 15 is 0 Å². The van der Waals surface area contributed by atoms with Crippen molar-refractivity contribution in [1.29, 1.82) is 0 Å². The number of amides is 4. The molecule has 1 aromatic rings. The van der Waals surface area contributed by atoms with Gasteiger partial charge < -0.3 is 0 Å². The van der Waals surface area contributed by atoms with E-state index in [9.17, 15) is 19.2 Å². The summed E-state index contributed by atoms with van der Waals surface area (Å²) in [5, 5.41) is 2.16. The zero-order chi connectivity index (χ0) is 15.1. The van der Waals surface area contributed by atoms with E-state index in [1.165, 1.54) is 0 Å². The number of nitrogens with one attached hydrogen (secondary N) is 1. The lowest BCUT2D eigenvalue weighted by Gasteiger charge is -2.27. The Bertz CT molecular complexity index is 689. The van der Waals surface area contributed by atoms with E-state index in [0.717, 1.165) is 20.6 Å². The fraction of sp³-hybridized carbons (Fsp3) is 0.231. The summed E-state index contributed by atoms with van der Waals surface area (Å²) in [6.07, 6.45) is 0.270. The summed E-state index contributed by atoms with van der Waals surface area (Å²) in [5.41, 5.74) is 0.541. The van der Waals surface area contributed by atoms with Gasteiger partial charge in [0.2, 0.25) is 11.8 Å². The van der Waals surface area contributed by atoms with Gasteiger partial charge in [-0.15, -0.1) is 11.7 Å². The van der Waals surface area contributed by atoms with E-state index in [1.54, 1.807) is 18.2 Å². The van der Waals surface area contributed by atoms with Crippen LogP contribution in [0, 0.1) is 0 Å². The molecule has 2 aliphatic rings. The second-order valence-corrected chi connectivity index (χ2v) is 5.95. The van der Waals surface area contributed by atoms with Crippen LogP contribution < -0.4 is 5.32 Å². The van der Waals surface area contributed by atoms with Crippen LogP contribution in [0.1, 0.15) is 33.6 Å². The monoisotopic (exact) mass is 322 g/mol. The second kappa shape index (κ2) is 5.19. The van der Waals surface area contributed by atoms with E-state index in [0.29, 0.717) is 0 Å². The molecule has 0 radical (unpaired) electrons. The van der Waals surface area contributed by atoms with Gasteiger partial charge in [0, 0.05) is 11.3 Å². The molecule has 108 valence electrons. The van der Waals surface area contributed by atoms with Gasteiger partial charge in [-0.1, -0.05) is 10.8 Å². The van der Waals surface area contributed by atoms with Crippen LogP contribution in [0.25, 0.3) is 0 Å². The Labute approximate surface area is 129 Å². The smallest absolute Gasteiger partial charge is 0.262 e. The zero-order valence-electron chi connectivity index (χ0n) is 10.7. The molecule has 0 spiro atoms. The number of fused-ring (bicyclic) bond motifs is 1. The number of thiol groups is 1. The highest BCUT2D eigenvalue weighted by Crippen LogP contribution is 2.31. The van der Waals surface area contributed by atoms with E-state index in [-0.39, 0.29) is 29.9 Å². The molecule has 1 N–H and O–H groups in total. The molecular formula is C13H10N2O4S2. The first kappa shape index (κ1) is 14.2. The number of benzene rings is 1. The Morgan fingerprint density at radius 3 is 2.52 bits per heavy atom. The van der Waals surface area contributed by atoms with Crippen molar-refractivity contribution in [3.63, 3.8) is 0 Å². The van der Waals surface area contributed by atoms with Crippen LogP contribution in [0.2, 0.25) is 0 Å². The Morgan fingerprint density at radius 2 is 1.86 bits per heavy atom. The summed E-state index contributed by atoms with van der Waals surface area (Å²) in [7, 11) is 1.16. The van der Waals surface area contributed by atoms with Crippen LogP contribution in [-0.2, 0) is 9.59 Å². The van der Waals surface area contributed by atoms with Crippen LogP contribution >= 0.6 is 22.5 Å². The largest absolute Gasteiger partial charge is 0.295 e. The van der Waals surface area contributed by atoms with Crippen molar-refractivity contribution in [3.05, 3.63) is 29.3 Å². The van der Waals surface area contributed by atoms with Crippen molar-refractivity contribution in [3.8, 4) is 0 Å². The van der Waals surface area contributed by atoms with Gasteiger partial charge in [0.25, 0.3) is 11.8 Å². The van der Waals surface area contributed by atoms with Crippen molar-refractivity contribution >= 4 is 46.1 Å². The molecule has 6 nitrogen and oxygen atoms in total. The number of nitrogens with zero attached hydrogens (tertiary/aromatic N) is 1. The Morgan fingerprint density at radius 1 is 1.14 bits per heavy atom. The van der Waals surface area contributed by atoms with E-state index < -0.39 is 23.8 Å². The van der Waals surface area contributed by atoms with Crippen molar-refractivity contribution in [2.75, 3.05) is 0 Å². The molecule has 0 bridgehead atoms. The predicted octanol–water partition coefficient (Wildman–Crippen LogP) is 1.02. The molecule has 1 atom stereocenters. The lowest BCUT2D eigenvalue weighted by atomic mass is 10.0. The molecule has 1 aromatic carbocycles. The zero-order valence-corrected chi connectivity index (χ0v) is 12.4. The van der Waals surface area contributed by atoms with Gasteiger partial charge in [-0.3, -0.25) is 29.4 Å². The molecule has 8 heteroatoms. The maximum Gasteiger partial charge on any atom is 0.262 e. The van der Waals surface area contributed by atoms with E-state index in [4.69, 9.17) is 0 Å². The molecule has 3 rings (SSSR count). The number of carbonyl (C=O) groups is 4. The summed E-state index contributed by atoms with van der Waals surface area (Å²) in [6, 6.07) is 3.90. The van der Waals surface area contributed by atoms with Gasteiger partial charge in [-0.05, 0) is 24.6 Å². The average molecular weight is 322 g/mol. The third kappa shape index (κ3) is 2.24. The Hall–Kier alpha value is -1.80. The summed E-state index contributed by atoms with van der Waals surface area (Å²) in [5.74, 6) is -2.00. The third-order valence-corrected chi connectivity index (χ3v) is 4.61. The van der Waals surface area contributed by atoms with Crippen molar-refractivity contribution < 1.29 is 19.2 Å². The standard InChI is InChI=1S/C13H10N2O4S2/c16-10-4-3-9(11(17)14-10)15-12(18)7-2-1-6(21-20)5-8(7)13(15)19/h1-2,5,9,20H,3-4H2,(H,14,16,17). The van der Waals surface area contributed by atoms with Gasteiger partial charge in [0.1, 0.15) is 6.04 Å². The topological polar surface area (TPSA) is 83.6 Å². The van der Waals surface area contributed by atoms with E-state index in [2.05, 4.69) is 17.0 Å². The average Bonchev–Trinajstić information content (AvgIpc) is 2.71. The summed E-state index contributed by atoms with van der Waals surface area (Å²) in [6.45, 7) is 0. The number of hydrogen-bond donors (Lipinski definition) is 2. The van der Waals surface area contributed by atoms with Gasteiger partial charge in [0.05, 0.1) is 11.1 Å². The molecular weight excluding hydrogens is 312 g/mol. The van der Waals surface area contributed by atoms with Crippen molar-refractivity contribution in [1.82, 2.24) is 10.2 Å². The third-order valence-electron chi connectivity index (χ3n) is 3.52. The number of hydrogen-bond acceptors (Lipinski definition) is 6. The lowest BCUT2D eigenvalue weighted by Crippen LogP contribution is -2.54. The molecule has 2 heterocycles. The van der Waals surface area contributed by atoms with Gasteiger partial charge >= 0.3 is 0 Å². The minimum absolute atomic E-state index is 0.113. The van der Waals surface area contributed by atoms with Crippen molar-refractivity contribution in [2.24, 2.45) is 0 Å². The Kier molecular flexibility index (Phi) is 3.50. The lowest BCUT2D eigenvalue weighted by molar-refractivity contribution is -0.136. The number of imide groups is 2. The molecule has 1 fully saturated rings. The molecule has 4 amide bonds. The molecule has 0 aliphatic carbocycles. The quantitative estimate of drug-likeness (QED) is 0.483. The van der Waals surface area contributed by atoms with Crippen LogP contribution in [0.4, 0.5) is 0 Å². The summed E-state index contributed by atoms with van der Waals surface area (Å²) in [4.78, 5) is 49.5. The van der Waals surface area contributed by atoms with Gasteiger partial charge in [0.15, 0.2) is 0 Å². The number of rotatable bonds is 2. The van der Waals surface area contributed by atoms with Crippen molar-refractivity contribution in [2.45, 2.75) is 23.8 Å². The molecule has 2 aliphatic heterocycles. The molecule has 0 aromatic heterocycles. The predicted molar refractivity (Wildman–Crippen MR) is 78.0 cm³/mol. The molecule has 0 saturated carbocycles.